The van der Waals surface area contributed by atoms with E-state index in [0.29, 0.717) is 59.8 Å². The molecule has 0 aliphatic carbocycles. The number of fused-ring (bicyclic) bond motifs is 2. The van der Waals surface area contributed by atoms with Crippen molar-refractivity contribution in [2.75, 3.05) is 31.9 Å². The number of nitrogens with one attached hydrogen (secondary N) is 1. The third kappa shape index (κ3) is 9.87. The molecule has 2 aliphatic heterocycles. The maximum absolute atomic E-state index is 12.1. The molecule has 15 heteroatoms. The number of rotatable bonds is 7. The minimum absolute atomic E-state index is 0.0317. The van der Waals surface area contributed by atoms with Crippen molar-refractivity contribution in [3.05, 3.63) is 57.4 Å². The van der Waals surface area contributed by atoms with Crippen LogP contribution >= 0.6 is 22.6 Å². The summed E-state index contributed by atoms with van der Waals surface area (Å²) in [6.07, 6.45) is 4.59. The lowest BCUT2D eigenvalue weighted by Gasteiger charge is -2.17. The van der Waals surface area contributed by atoms with Gasteiger partial charge in [0, 0.05) is 23.1 Å². The lowest BCUT2D eigenvalue weighted by molar-refractivity contribution is -0.139. The topological polar surface area (TPSA) is 162 Å². The maximum Gasteiger partial charge on any atom is 0.270 e. The van der Waals surface area contributed by atoms with Crippen molar-refractivity contribution < 1.29 is 28.4 Å². The van der Waals surface area contributed by atoms with Gasteiger partial charge >= 0.3 is 0 Å². The second-order valence-corrected chi connectivity index (χ2v) is 12.2. The molecule has 4 aromatic heterocycles. The predicted molar refractivity (Wildman–Crippen MR) is 175 cm³/mol. The van der Waals surface area contributed by atoms with E-state index in [4.69, 9.17) is 28.4 Å². The van der Waals surface area contributed by atoms with E-state index >= 15 is 0 Å². The Morgan fingerprint density at radius 3 is 2.02 bits per heavy atom. The standard InChI is InChI=1S/C15H19N3O4.C8H7N3O2.C7H13IO2/c1-15(2)21-9-10(22-15)6-7-18-13(19)8-16-11-4-5-12(20-3)17-14(11)18;1-13-7-3-2-5-8(11-7)10-6(12)4-9-5;1-7(2)9-5-6(10-7)3-4-8/h4-5,8,10H,6-7,9H2,1-3H3;2-4H,1H3,(H,10,11,12);6H,3-5H2,1-2H3/t10-;;6-/m0.0/s1. The van der Waals surface area contributed by atoms with E-state index in [0.717, 1.165) is 17.5 Å². The summed E-state index contributed by atoms with van der Waals surface area (Å²) in [6.45, 7) is 9.46. The summed E-state index contributed by atoms with van der Waals surface area (Å²) in [5.74, 6) is 0.0137. The van der Waals surface area contributed by atoms with Crippen LogP contribution in [-0.2, 0) is 25.5 Å². The number of aryl methyl sites for hydroxylation is 1. The quantitative estimate of drug-likeness (QED) is 0.217. The van der Waals surface area contributed by atoms with Gasteiger partial charge < -0.3 is 33.4 Å². The van der Waals surface area contributed by atoms with Gasteiger partial charge in [0.25, 0.3) is 11.1 Å². The first kappa shape index (κ1) is 34.6. The van der Waals surface area contributed by atoms with Crippen molar-refractivity contribution in [3.8, 4) is 11.8 Å². The van der Waals surface area contributed by atoms with E-state index in [1.54, 1.807) is 35.9 Å². The Bertz CT molecular complexity index is 1690. The number of hydrogen-bond donors (Lipinski definition) is 1. The van der Waals surface area contributed by atoms with Crippen molar-refractivity contribution in [1.82, 2.24) is 29.5 Å². The minimum Gasteiger partial charge on any atom is -0.481 e. The highest BCUT2D eigenvalue weighted by atomic mass is 127. The summed E-state index contributed by atoms with van der Waals surface area (Å²) >= 11 is 2.35. The molecule has 0 saturated carbocycles. The van der Waals surface area contributed by atoms with Gasteiger partial charge in [0.15, 0.2) is 22.9 Å². The van der Waals surface area contributed by atoms with E-state index in [-0.39, 0.29) is 23.0 Å². The first-order valence-corrected chi connectivity index (χ1v) is 15.9. The molecule has 0 radical (unpaired) electrons. The van der Waals surface area contributed by atoms with Gasteiger partial charge in [-0.05, 0) is 52.7 Å². The Morgan fingerprint density at radius 1 is 0.867 bits per heavy atom. The van der Waals surface area contributed by atoms with Gasteiger partial charge in [-0.15, -0.1) is 0 Å². The summed E-state index contributed by atoms with van der Waals surface area (Å²) in [5, 5.41) is 0. The number of ether oxygens (including phenoxy) is 6. The first-order valence-electron chi connectivity index (χ1n) is 14.4. The lowest BCUT2D eigenvalue weighted by atomic mass is 10.2. The van der Waals surface area contributed by atoms with Gasteiger partial charge in [-0.1, -0.05) is 22.6 Å². The zero-order valence-corrected chi connectivity index (χ0v) is 28.4. The fraction of sp³-hybridized carbons (Fsp3) is 0.533. The Morgan fingerprint density at radius 2 is 1.44 bits per heavy atom. The molecular formula is C30H39IN6O8. The number of nitrogens with zero attached hydrogens (tertiary/aromatic N) is 5. The Balaban J connectivity index is 0.000000170. The number of halogens is 1. The summed E-state index contributed by atoms with van der Waals surface area (Å²) < 4.78 is 35.0. The molecule has 0 spiro atoms. The maximum atomic E-state index is 12.1. The smallest absolute Gasteiger partial charge is 0.270 e. The summed E-state index contributed by atoms with van der Waals surface area (Å²) in [5.41, 5.74) is 1.79. The highest BCUT2D eigenvalue weighted by Crippen LogP contribution is 2.25. The number of H-pyrrole nitrogens is 1. The van der Waals surface area contributed by atoms with Crippen LogP contribution in [0.4, 0.5) is 0 Å². The minimum atomic E-state index is -0.558. The Hall–Kier alpha value is -3.25. The Labute approximate surface area is 273 Å². The Kier molecular flexibility index (Phi) is 11.8. The van der Waals surface area contributed by atoms with Crippen LogP contribution in [0, 0.1) is 0 Å². The first-order chi connectivity index (χ1) is 21.4. The van der Waals surface area contributed by atoms with Crippen molar-refractivity contribution in [1.29, 1.82) is 0 Å². The highest BCUT2D eigenvalue weighted by Gasteiger charge is 2.33. The van der Waals surface area contributed by atoms with Crippen LogP contribution in [0.15, 0.2) is 46.2 Å². The molecule has 2 atom stereocenters. The van der Waals surface area contributed by atoms with Crippen molar-refractivity contribution in [2.45, 2.75) is 70.9 Å². The predicted octanol–water partition coefficient (Wildman–Crippen LogP) is 3.63. The van der Waals surface area contributed by atoms with E-state index < -0.39 is 5.79 Å². The molecule has 2 fully saturated rings. The molecule has 0 aromatic carbocycles. The lowest BCUT2D eigenvalue weighted by Crippen LogP contribution is -2.25. The molecule has 1 N–H and O–H groups in total. The molecule has 244 valence electrons. The van der Waals surface area contributed by atoms with E-state index in [1.165, 1.54) is 19.5 Å². The zero-order chi connectivity index (χ0) is 32.6. The van der Waals surface area contributed by atoms with Crippen LogP contribution in [0.5, 0.6) is 11.8 Å². The van der Waals surface area contributed by atoms with E-state index in [2.05, 4.69) is 47.5 Å². The second-order valence-electron chi connectivity index (χ2n) is 11.1. The largest absolute Gasteiger partial charge is 0.481 e. The number of pyridine rings is 2. The fourth-order valence-electron chi connectivity index (χ4n) is 4.58. The summed E-state index contributed by atoms with van der Waals surface area (Å²) in [7, 11) is 3.06. The number of methoxy groups -OCH3 is 2. The van der Waals surface area contributed by atoms with Crippen molar-refractivity contribution >= 4 is 44.9 Å². The van der Waals surface area contributed by atoms with Gasteiger partial charge in [-0.25, -0.2) is 9.97 Å². The molecule has 0 unspecified atom stereocenters. The average Bonchev–Trinajstić information content (AvgIpc) is 3.55. The molecule has 2 aliphatic rings. The summed E-state index contributed by atoms with van der Waals surface area (Å²) in [6, 6.07) is 6.93. The molecule has 4 aromatic rings. The molecule has 0 bridgehead atoms. The molecule has 2 saturated heterocycles. The van der Waals surface area contributed by atoms with E-state index in [1.807, 2.05) is 27.7 Å². The van der Waals surface area contributed by atoms with Crippen LogP contribution in [0.3, 0.4) is 0 Å². The summed E-state index contributed by atoms with van der Waals surface area (Å²) in [4.78, 5) is 41.9. The van der Waals surface area contributed by atoms with E-state index in [9.17, 15) is 9.59 Å². The molecular weight excluding hydrogens is 699 g/mol. The van der Waals surface area contributed by atoms with Gasteiger partial charge in [0.1, 0.15) is 11.0 Å². The average molecular weight is 739 g/mol. The van der Waals surface area contributed by atoms with Crippen LogP contribution in [0.25, 0.3) is 22.3 Å². The van der Waals surface area contributed by atoms with Crippen LogP contribution in [0.1, 0.15) is 40.5 Å². The van der Waals surface area contributed by atoms with Crippen LogP contribution in [-0.4, -0.2) is 85.1 Å². The van der Waals surface area contributed by atoms with Crippen molar-refractivity contribution in [3.63, 3.8) is 0 Å². The van der Waals surface area contributed by atoms with Crippen LogP contribution < -0.4 is 20.6 Å². The SMILES string of the molecule is CC1(C)OC[C@H](CCI)O1.COc1ccc2ncc(=O)[nH]c2n1.COc1ccc2ncc(=O)n(CC[C@H]3COC(C)(C)O3)c2n1. The molecule has 14 nitrogen and oxygen atoms in total. The molecule has 6 rings (SSSR count). The number of hydrogen-bond acceptors (Lipinski definition) is 12. The third-order valence-corrected chi connectivity index (χ3v) is 7.36. The monoisotopic (exact) mass is 738 g/mol. The molecule has 45 heavy (non-hydrogen) atoms. The number of alkyl halides is 1. The number of aromatic nitrogens is 6. The third-order valence-electron chi connectivity index (χ3n) is 6.73. The normalized spacial score (nSPS) is 19.8. The van der Waals surface area contributed by atoms with Gasteiger partial charge in [0.2, 0.25) is 11.8 Å². The number of aromatic amines is 1. The van der Waals surface area contributed by atoms with Gasteiger partial charge in [-0.2, -0.15) is 9.97 Å². The van der Waals surface area contributed by atoms with Crippen LogP contribution in [0.2, 0.25) is 0 Å². The highest BCUT2D eigenvalue weighted by molar-refractivity contribution is 14.1. The molecule has 6 heterocycles. The second kappa shape index (κ2) is 15.4. The van der Waals surface area contributed by atoms with Gasteiger partial charge in [-0.3, -0.25) is 14.2 Å². The van der Waals surface area contributed by atoms with Crippen molar-refractivity contribution in [2.24, 2.45) is 0 Å². The molecule has 0 amide bonds. The van der Waals surface area contributed by atoms with Gasteiger partial charge in [0.05, 0.1) is 52.0 Å². The fourth-order valence-corrected chi connectivity index (χ4v) is 5.27. The zero-order valence-electron chi connectivity index (χ0n) is 26.2.